The minimum Gasteiger partial charge on any atom is -0.258 e. The van der Waals surface area contributed by atoms with Crippen LogP contribution in [0.4, 0.5) is 0 Å². The van der Waals surface area contributed by atoms with Gasteiger partial charge in [-0.3, -0.25) is 20.2 Å². The lowest BCUT2D eigenvalue weighted by Crippen LogP contribution is -2.46. The molecule has 0 aromatic carbocycles. The van der Waals surface area contributed by atoms with Crippen LogP contribution in [-0.4, -0.2) is 15.5 Å². The standard InChI is InChI=1S/C8H15N2O4/c1-3-5-7-8(6-4-2,9(11)12)10(13)14/h4H,3,5-7H2,1-2H3. The molecule has 0 N–H and O–H groups in total. The minimum atomic E-state index is -2.01. The van der Waals surface area contributed by atoms with Crippen molar-refractivity contribution in [2.45, 2.75) is 45.2 Å². The largest absolute Gasteiger partial charge is 0.458 e. The van der Waals surface area contributed by atoms with Crippen LogP contribution < -0.4 is 0 Å². The van der Waals surface area contributed by atoms with Gasteiger partial charge < -0.3 is 0 Å². The fraction of sp³-hybridized carbons (Fsp3) is 0.875. The first-order valence-electron chi connectivity index (χ1n) is 4.58. The highest BCUT2D eigenvalue weighted by molar-refractivity contribution is 4.74. The number of hydrogen-bond donors (Lipinski definition) is 0. The summed E-state index contributed by atoms with van der Waals surface area (Å²) in [7, 11) is 0. The molecule has 0 aromatic heterocycles. The van der Waals surface area contributed by atoms with E-state index in [9.17, 15) is 20.2 Å². The van der Waals surface area contributed by atoms with Gasteiger partial charge in [0.2, 0.25) is 0 Å². The molecule has 0 aliphatic carbocycles. The van der Waals surface area contributed by atoms with Crippen molar-refractivity contribution in [3.8, 4) is 0 Å². The van der Waals surface area contributed by atoms with Gasteiger partial charge in [0.25, 0.3) is 0 Å². The lowest BCUT2D eigenvalue weighted by Gasteiger charge is -2.15. The fourth-order valence-electron chi connectivity index (χ4n) is 1.29. The summed E-state index contributed by atoms with van der Waals surface area (Å²) in [4.78, 5) is 19.9. The van der Waals surface area contributed by atoms with Crippen molar-refractivity contribution in [2.75, 3.05) is 0 Å². The Morgan fingerprint density at radius 2 is 1.79 bits per heavy atom. The Morgan fingerprint density at radius 1 is 1.29 bits per heavy atom. The van der Waals surface area contributed by atoms with Crippen LogP contribution in [0.5, 0.6) is 0 Å². The van der Waals surface area contributed by atoms with Crippen LogP contribution in [0.2, 0.25) is 0 Å². The first-order valence-corrected chi connectivity index (χ1v) is 4.58. The lowest BCUT2D eigenvalue weighted by atomic mass is 9.99. The number of nitrogens with zero attached hydrogens (tertiary/aromatic N) is 2. The van der Waals surface area contributed by atoms with E-state index in [1.165, 1.54) is 6.42 Å². The second kappa shape index (κ2) is 5.51. The first kappa shape index (κ1) is 12.8. The molecule has 0 spiro atoms. The van der Waals surface area contributed by atoms with E-state index in [4.69, 9.17) is 0 Å². The molecule has 0 aliphatic heterocycles. The van der Waals surface area contributed by atoms with E-state index >= 15 is 0 Å². The van der Waals surface area contributed by atoms with Gasteiger partial charge in [-0.15, -0.1) is 0 Å². The third kappa shape index (κ3) is 2.65. The minimum absolute atomic E-state index is 0.00611. The summed E-state index contributed by atoms with van der Waals surface area (Å²) >= 11 is 0. The second-order valence-electron chi connectivity index (χ2n) is 3.21. The summed E-state index contributed by atoms with van der Waals surface area (Å²) in [6.45, 7) is 3.44. The van der Waals surface area contributed by atoms with Crippen LogP contribution in [-0.2, 0) is 0 Å². The Morgan fingerprint density at radius 3 is 2.07 bits per heavy atom. The van der Waals surface area contributed by atoms with E-state index in [2.05, 4.69) is 0 Å². The Bertz CT molecular complexity index is 203. The molecule has 81 valence electrons. The molecule has 0 saturated heterocycles. The van der Waals surface area contributed by atoms with Gasteiger partial charge in [-0.25, -0.2) is 0 Å². The molecule has 0 aliphatic rings. The zero-order chi connectivity index (χ0) is 11.2. The first-order chi connectivity index (χ1) is 6.51. The second-order valence-corrected chi connectivity index (χ2v) is 3.21. The van der Waals surface area contributed by atoms with Gasteiger partial charge in [-0.2, -0.15) is 0 Å². The summed E-state index contributed by atoms with van der Waals surface area (Å²) < 4.78 is 0. The van der Waals surface area contributed by atoms with E-state index in [0.717, 1.165) is 0 Å². The Labute approximate surface area is 82.6 Å². The monoisotopic (exact) mass is 203 g/mol. The van der Waals surface area contributed by atoms with Gasteiger partial charge in [0.05, 0.1) is 22.7 Å². The Hall–Kier alpha value is -1.20. The SMILES string of the molecule is C[CH]CC(CCCC)([N+](=O)[O-])[N+](=O)[O-]. The van der Waals surface area contributed by atoms with E-state index in [1.54, 1.807) is 6.92 Å². The third-order valence-corrected chi connectivity index (χ3v) is 2.14. The highest BCUT2D eigenvalue weighted by Crippen LogP contribution is 2.24. The predicted octanol–water partition coefficient (Wildman–Crippen LogP) is 2.04. The number of unbranched alkanes of at least 4 members (excludes halogenated alkanes) is 1. The number of hydrogen-bond acceptors (Lipinski definition) is 4. The van der Waals surface area contributed by atoms with Crippen molar-refractivity contribution < 1.29 is 9.85 Å². The lowest BCUT2D eigenvalue weighted by molar-refractivity contribution is -0.797. The molecule has 6 nitrogen and oxygen atoms in total. The van der Waals surface area contributed by atoms with Crippen LogP contribution in [0, 0.1) is 26.6 Å². The van der Waals surface area contributed by atoms with E-state index < -0.39 is 15.5 Å². The van der Waals surface area contributed by atoms with Gasteiger partial charge in [-0.1, -0.05) is 20.3 Å². The van der Waals surface area contributed by atoms with Crippen molar-refractivity contribution in [1.82, 2.24) is 0 Å². The summed E-state index contributed by atoms with van der Waals surface area (Å²) in [6.07, 6.45) is 2.56. The van der Waals surface area contributed by atoms with E-state index in [0.29, 0.717) is 12.8 Å². The smallest absolute Gasteiger partial charge is 0.258 e. The summed E-state index contributed by atoms with van der Waals surface area (Å²) in [5, 5.41) is 21.4. The number of rotatable bonds is 7. The predicted molar refractivity (Wildman–Crippen MR) is 50.8 cm³/mol. The van der Waals surface area contributed by atoms with Gasteiger partial charge in [-0.05, 0) is 12.8 Å². The molecule has 6 heteroatoms. The molecule has 0 unspecified atom stereocenters. The van der Waals surface area contributed by atoms with Gasteiger partial charge in [0.15, 0.2) is 0 Å². The molecule has 0 atom stereocenters. The van der Waals surface area contributed by atoms with Crippen LogP contribution in [0.15, 0.2) is 0 Å². The van der Waals surface area contributed by atoms with Crippen molar-refractivity contribution in [2.24, 2.45) is 0 Å². The molecular weight excluding hydrogens is 188 g/mol. The normalized spacial score (nSPS) is 11.3. The fourth-order valence-corrected chi connectivity index (χ4v) is 1.29. The Balaban J connectivity index is 4.75. The molecule has 0 heterocycles. The molecule has 0 aromatic rings. The molecule has 0 saturated carbocycles. The highest BCUT2D eigenvalue weighted by atomic mass is 16.7. The molecule has 0 rings (SSSR count). The van der Waals surface area contributed by atoms with Crippen molar-refractivity contribution in [1.29, 1.82) is 0 Å². The van der Waals surface area contributed by atoms with E-state index in [1.807, 2.05) is 6.92 Å². The van der Waals surface area contributed by atoms with Crippen molar-refractivity contribution >= 4 is 0 Å². The van der Waals surface area contributed by atoms with Crippen LogP contribution >= 0.6 is 0 Å². The van der Waals surface area contributed by atoms with Crippen molar-refractivity contribution in [3.05, 3.63) is 26.6 Å². The summed E-state index contributed by atoms with van der Waals surface area (Å²) in [6, 6.07) is 0. The molecule has 0 fully saturated rings. The van der Waals surface area contributed by atoms with Crippen LogP contribution in [0.3, 0.4) is 0 Å². The molecule has 14 heavy (non-hydrogen) atoms. The summed E-state index contributed by atoms with van der Waals surface area (Å²) in [5.74, 6) is 0. The maximum atomic E-state index is 10.7. The van der Waals surface area contributed by atoms with E-state index in [-0.39, 0.29) is 12.8 Å². The molecule has 0 bridgehead atoms. The van der Waals surface area contributed by atoms with Crippen molar-refractivity contribution in [3.63, 3.8) is 0 Å². The maximum Gasteiger partial charge on any atom is 0.458 e. The maximum absolute atomic E-state index is 10.7. The zero-order valence-corrected chi connectivity index (χ0v) is 8.43. The van der Waals surface area contributed by atoms with Gasteiger partial charge >= 0.3 is 5.66 Å². The molecular formula is C8H15N2O4. The average Bonchev–Trinajstić information content (AvgIpc) is 2.11. The average molecular weight is 203 g/mol. The highest BCUT2D eigenvalue weighted by Gasteiger charge is 2.53. The number of nitro groups is 2. The van der Waals surface area contributed by atoms with Gasteiger partial charge in [0, 0.05) is 0 Å². The van der Waals surface area contributed by atoms with Crippen LogP contribution in [0.25, 0.3) is 0 Å². The van der Waals surface area contributed by atoms with Gasteiger partial charge in [0.1, 0.15) is 0 Å². The summed E-state index contributed by atoms with van der Waals surface area (Å²) in [5.41, 5.74) is -2.01. The zero-order valence-electron chi connectivity index (χ0n) is 8.43. The quantitative estimate of drug-likeness (QED) is 0.360. The Kier molecular flexibility index (Phi) is 5.04. The molecule has 1 radical (unpaired) electrons. The topological polar surface area (TPSA) is 86.3 Å². The third-order valence-electron chi connectivity index (χ3n) is 2.14. The molecule has 0 amide bonds. The van der Waals surface area contributed by atoms with Crippen LogP contribution in [0.1, 0.15) is 39.5 Å².